The van der Waals surface area contributed by atoms with Crippen molar-refractivity contribution in [3.05, 3.63) is 101 Å². The molecule has 44 heavy (non-hydrogen) atoms. The van der Waals surface area contributed by atoms with Crippen LogP contribution in [0.4, 0.5) is 5.69 Å². The molecule has 6 rings (SSSR count). The van der Waals surface area contributed by atoms with Crippen LogP contribution >= 0.6 is 0 Å². The van der Waals surface area contributed by atoms with Crippen LogP contribution in [0.1, 0.15) is 65.6 Å². The molecule has 0 spiro atoms. The van der Waals surface area contributed by atoms with Gasteiger partial charge in [-0.05, 0) is 74.2 Å². The zero-order valence-electron chi connectivity index (χ0n) is 25.8. The standard InChI is InChI=1S/C37H44N4O3/c1-28-9-7-10-30(25-28)27-41-33-13-5-6-14-34(33)44-35(37(41)43)26-29-15-17-31(18-16-29)36(42)38-19-8-20-39-21-23-40(24-22-39)32-11-3-2-4-12-32/h5-7,9-10,13-18,25-26,32H,2-4,8,11-12,19-24,27H2,1H3,(H,38,42)/b35-26+. The molecule has 1 saturated carbocycles. The number of carbonyl (C=O) groups excluding carboxylic acids is 2. The Bertz CT molecular complexity index is 1470. The minimum atomic E-state index is -0.192. The molecule has 1 aliphatic carbocycles. The van der Waals surface area contributed by atoms with Gasteiger partial charge in [0, 0.05) is 44.3 Å². The van der Waals surface area contributed by atoms with E-state index >= 15 is 0 Å². The number of amides is 2. The fraction of sp³-hybridized carbons (Fsp3) is 0.405. The third-order valence-corrected chi connectivity index (χ3v) is 9.16. The first-order valence-electron chi connectivity index (χ1n) is 16.2. The van der Waals surface area contributed by atoms with E-state index in [9.17, 15) is 9.59 Å². The molecule has 3 aliphatic rings. The lowest BCUT2D eigenvalue weighted by atomic mass is 9.94. The van der Waals surface area contributed by atoms with Crippen molar-refractivity contribution in [3.63, 3.8) is 0 Å². The van der Waals surface area contributed by atoms with Gasteiger partial charge in [0.1, 0.15) is 0 Å². The Hall–Kier alpha value is -3.94. The summed E-state index contributed by atoms with van der Waals surface area (Å²) in [5, 5.41) is 3.07. The van der Waals surface area contributed by atoms with Gasteiger partial charge < -0.3 is 15.0 Å². The maximum absolute atomic E-state index is 13.6. The quantitative estimate of drug-likeness (QED) is 0.243. The summed E-state index contributed by atoms with van der Waals surface area (Å²) in [5.41, 5.74) is 4.37. The Morgan fingerprint density at radius 2 is 1.70 bits per heavy atom. The van der Waals surface area contributed by atoms with Crippen LogP contribution in [0, 0.1) is 6.92 Å². The number of aryl methyl sites for hydroxylation is 1. The van der Waals surface area contributed by atoms with Crippen LogP contribution in [0.2, 0.25) is 0 Å². The van der Waals surface area contributed by atoms with Crippen molar-refractivity contribution in [2.24, 2.45) is 0 Å². The number of nitrogens with zero attached hydrogens (tertiary/aromatic N) is 3. The van der Waals surface area contributed by atoms with E-state index in [1.54, 1.807) is 23.1 Å². The summed E-state index contributed by atoms with van der Waals surface area (Å²) in [7, 11) is 0. The highest BCUT2D eigenvalue weighted by molar-refractivity contribution is 6.09. The Balaban J connectivity index is 1.00. The molecule has 1 N–H and O–H groups in total. The van der Waals surface area contributed by atoms with Crippen LogP contribution in [-0.2, 0) is 11.3 Å². The summed E-state index contributed by atoms with van der Waals surface area (Å²) in [6.07, 6.45) is 9.63. The molecule has 0 bridgehead atoms. The number of piperazine rings is 1. The zero-order valence-corrected chi connectivity index (χ0v) is 25.8. The number of carbonyl (C=O) groups is 2. The van der Waals surface area contributed by atoms with Crippen molar-refractivity contribution in [1.82, 2.24) is 15.1 Å². The molecule has 0 unspecified atom stereocenters. The molecular weight excluding hydrogens is 548 g/mol. The summed E-state index contributed by atoms with van der Waals surface area (Å²) in [4.78, 5) is 33.4. The predicted molar refractivity (Wildman–Crippen MR) is 176 cm³/mol. The maximum Gasteiger partial charge on any atom is 0.294 e. The molecule has 1 saturated heterocycles. The lowest BCUT2D eigenvalue weighted by Gasteiger charge is -2.40. The molecule has 0 aromatic heterocycles. The molecule has 230 valence electrons. The third kappa shape index (κ3) is 7.40. The maximum atomic E-state index is 13.6. The number of nitrogens with one attached hydrogen (secondary N) is 1. The largest absolute Gasteiger partial charge is 0.449 e. The summed E-state index contributed by atoms with van der Waals surface area (Å²) in [6, 6.07) is 23.9. The first-order chi connectivity index (χ1) is 21.5. The lowest BCUT2D eigenvalue weighted by Crippen LogP contribution is -2.51. The highest BCUT2D eigenvalue weighted by Crippen LogP contribution is 2.36. The molecule has 2 fully saturated rings. The van der Waals surface area contributed by atoms with Crippen molar-refractivity contribution in [2.45, 2.75) is 58.0 Å². The van der Waals surface area contributed by atoms with Crippen LogP contribution in [0.25, 0.3) is 6.08 Å². The van der Waals surface area contributed by atoms with E-state index in [4.69, 9.17) is 4.74 Å². The minimum absolute atomic E-state index is 0.0745. The van der Waals surface area contributed by atoms with Crippen molar-refractivity contribution in [1.29, 1.82) is 0 Å². The summed E-state index contributed by atoms with van der Waals surface area (Å²) in [6.45, 7) is 8.78. The van der Waals surface area contributed by atoms with Gasteiger partial charge in [-0.25, -0.2) is 0 Å². The average Bonchev–Trinajstić information content (AvgIpc) is 3.06. The van der Waals surface area contributed by atoms with Crippen molar-refractivity contribution < 1.29 is 14.3 Å². The second kappa shape index (κ2) is 14.2. The van der Waals surface area contributed by atoms with Crippen LogP contribution in [0.3, 0.4) is 0 Å². The van der Waals surface area contributed by atoms with E-state index in [0.29, 0.717) is 24.4 Å². The Morgan fingerprint density at radius 3 is 2.48 bits per heavy atom. The number of hydrogen-bond donors (Lipinski definition) is 1. The molecule has 0 radical (unpaired) electrons. The van der Waals surface area contributed by atoms with E-state index in [0.717, 1.165) is 54.5 Å². The fourth-order valence-corrected chi connectivity index (χ4v) is 6.70. The van der Waals surface area contributed by atoms with Gasteiger partial charge in [0.25, 0.3) is 11.8 Å². The molecule has 0 atom stereocenters. The fourth-order valence-electron chi connectivity index (χ4n) is 6.70. The number of rotatable bonds is 9. The molecule has 7 heteroatoms. The normalized spacial score (nSPS) is 19.1. The highest BCUT2D eigenvalue weighted by Gasteiger charge is 2.30. The molecule has 7 nitrogen and oxygen atoms in total. The van der Waals surface area contributed by atoms with E-state index in [2.05, 4.69) is 21.2 Å². The molecule has 2 heterocycles. The van der Waals surface area contributed by atoms with Gasteiger partial charge in [-0.1, -0.05) is 73.4 Å². The van der Waals surface area contributed by atoms with Crippen LogP contribution in [-0.4, -0.2) is 66.9 Å². The van der Waals surface area contributed by atoms with Crippen LogP contribution in [0.5, 0.6) is 5.75 Å². The first kappa shape index (κ1) is 30.1. The second-order valence-corrected chi connectivity index (χ2v) is 12.4. The van der Waals surface area contributed by atoms with Crippen molar-refractivity contribution in [2.75, 3.05) is 44.2 Å². The highest BCUT2D eigenvalue weighted by atomic mass is 16.5. The minimum Gasteiger partial charge on any atom is -0.449 e. The SMILES string of the molecule is Cc1cccc(CN2C(=O)/C(=C\c3ccc(C(=O)NCCCN4CCN(C5CCCCC5)CC4)cc3)Oc3ccccc32)c1. The Kier molecular flexibility index (Phi) is 9.73. The summed E-state index contributed by atoms with van der Waals surface area (Å²) in [5.74, 6) is 0.637. The van der Waals surface area contributed by atoms with Crippen molar-refractivity contribution >= 4 is 23.6 Å². The predicted octanol–water partition coefficient (Wildman–Crippen LogP) is 6.03. The van der Waals surface area contributed by atoms with Gasteiger partial charge in [-0.2, -0.15) is 0 Å². The number of benzene rings is 3. The van der Waals surface area contributed by atoms with E-state index in [-0.39, 0.29) is 17.6 Å². The average molecular weight is 593 g/mol. The second-order valence-electron chi connectivity index (χ2n) is 12.4. The van der Waals surface area contributed by atoms with E-state index < -0.39 is 0 Å². The molecular formula is C37H44N4O3. The number of fused-ring (bicyclic) bond motifs is 1. The van der Waals surface area contributed by atoms with E-state index in [1.807, 2.05) is 61.5 Å². The summed E-state index contributed by atoms with van der Waals surface area (Å²) >= 11 is 0. The third-order valence-electron chi connectivity index (χ3n) is 9.16. The zero-order chi connectivity index (χ0) is 30.3. The summed E-state index contributed by atoms with van der Waals surface area (Å²) < 4.78 is 6.05. The molecule has 2 amide bonds. The van der Waals surface area contributed by atoms with Gasteiger partial charge >= 0.3 is 0 Å². The number of anilines is 1. The number of para-hydroxylation sites is 2. The smallest absolute Gasteiger partial charge is 0.294 e. The first-order valence-corrected chi connectivity index (χ1v) is 16.2. The monoisotopic (exact) mass is 592 g/mol. The van der Waals surface area contributed by atoms with Gasteiger partial charge in [0.15, 0.2) is 11.5 Å². The molecule has 3 aromatic carbocycles. The van der Waals surface area contributed by atoms with Gasteiger partial charge in [0.05, 0.1) is 12.2 Å². The molecule has 3 aromatic rings. The lowest BCUT2D eigenvalue weighted by molar-refractivity contribution is -0.117. The Labute approximate surface area is 261 Å². The van der Waals surface area contributed by atoms with Crippen LogP contribution < -0.4 is 15.0 Å². The Morgan fingerprint density at radius 1 is 0.932 bits per heavy atom. The van der Waals surface area contributed by atoms with Crippen molar-refractivity contribution in [3.8, 4) is 5.75 Å². The number of ether oxygens (including phenoxy) is 1. The van der Waals surface area contributed by atoms with Crippen LogP contribution in [0.15, 0.2) is 78.6 Å². The van der Waals surface area contributed by atoms with E-state index in [1.165, 1.54) is 45.2 Å². The van der Waals surface area contributed by atoms with Gasteiger partial charge in [-0.3, -0.25) is 19.4 Å². The van der Waals surface area contributed by atoms with Gasteiger partial charge in [0.2, 0.25) is 0 Å². The number of hydrogen-bond acceptors (Lipinski definition) is 5. The molecule has 2 aliphatic heterocycles. The topological polar surface area (TPSA) is 65.1 Å². The van der Waals surface area contributed by atoms with Gasteiger partial charge in [-0.15, -0.1) is 0 Å².